The Morgan fingerprint density at radius 1 is 1.13 bits per heavy atom. The first-order valence-corrected chi connectivity index (χ1v) is 7.74. The SMILES string of the molecule is Cc1cc(NCc2ccccc2N2CCOCC2)ccc1N.Cl. The summed E-state index contributed by atoms with van der Waals surface area (Å²) in [5.41, 5.74) is 11.5. The fourth-order valence-electron chi connectivity index (χ4n) is 2.76. The monoisotopic (exact) mass is 333 g/mol. The van der Waals surface area contributed by atoms with Crippen LogP contribution in [0.3, 0.4) is 0 Å². The van der Waals surface area contributed by atoms with Crippen LogP contribution < -0.4 is 16.0 Å². The number of ether oxygens (including phenoxy) is 1. The molecule has 0 aliphatic carbocycles. The second kappa shape index (κ2) is 8.09. The van der Waals surface area contributed by atoms with Gasteiger partial charge in [-0.2, -0.15) is 0 Å². The molecule has 0 bridgehead atoms. The van der Waals surface area contributed by atoms with Crippen LogP contribution in [0.4, 0.5) is 17.1 Å². The molecule has 1 heterocycles. The van der Waals surface area contributed by atoms with E-state index >= 15 is 0 Å². The van der Waals surface area contributed by atoms with Crippen molar-refractivity contribution in [3.05, 3.63) is 53.6 Å². The van der Waals surface area contributed by atoms with Crippen molar-refractivity contribution in [2.24, 2.45) is 0 Å². The maximum absolute atomic E-state index is 5.87. The molecule has 5 heteroatoms. The Morgan fingerprint density at radius 3 is 2.61 bits per heavy atom. The van der Waals surface area contributed by atoms with Gasteiger partial charge in [0.15, 0.2) is 0 Å². The van der Waals surface area contributed by atoms with Crippen LogP contribution in [0.15, 0.2) is 42.5 Å². The molecule has 2 aromatic carbocycles. The quantitative estimate of drug-likeness (QED) is 0.841. The Bertz CT molecular complexity index is 642. The lowest BCUT2D eigenvalue weighted by atomic mass is 10.1. The molecular formula is C18H24ClN3O. The lowest BCUT2D eigenvalue weighted by Crippen LogP contribution is -2.36. The molecule has 1 aliphatic heterocycles. The maximum Gasteiger partial charge on any atom is 0.0642 e. The number of nitrogen functional groups attached to an aromatic ring is 1. The molecule has 3 rings (SSSR count). The number of para-hydroxylation sites is 1. The molecule has 0 amide bonds. The van der Waals surface area contributed by atoms with Crippen LogP contribution in [0.2, 0.25) is 0 Å². The first-order chi connectivity index (χ1) is 10.7. The topological polar surface area (TPSA) is 50.5 Å². The first-order valence-electron chi connectivity index (χ1n) is 7.74. The minimum Gasteiger partial charge on any atom is -0.399 e. The summed E-state index contributed by atoms with van der Waals surface area (Å²) < 4.78 is 5.45. The van der Waals surface area contributed by atoms with Crippen LogP contribution in [-0.2, 0) is 11.3 Å². The van der Waals surface area contributed by atoms with Gasteiger partial charge >= 0.3 is 0 Å². The van der Waals surface area contributed by atoms with Crippen molar-refractivity contribution < 1.29 is 4.74 Å². The smallest absolute Gasteiger partial charge is 0.0642 e. The van der Waals surface area contributed by atoms with Gasteiger partial charge in [-0.05, 0) is 42.3 Å². The van der Waals surface area contributed by atoms with Crippen LogP contribution in [-0.4, -0.2) is 26.3 Å². The van der Waals surface area contributed by atoms with Crippen LogP contribution in [0.1, 0.15) is 11.1 Å². The highest BCUT2D eigenvalue weighted by Crippen LogP contribution is 2.23. The van der Waals surface area contributed by atoms with Crippen LogP contribution in [0, 0.1) is 6.92 Å². The first kappa shape index (κ1) is 17.4. The van der Waals surface area contributed by atoms with E-state index in [0.29, 0.717) is 0 Å². The third-order valence-electron chi connectivity index (χ3n) is 4.10. The zero-order valence-electron chi connectivity index (χ0n) is 13.4. The van der Waals surface area contributed by atoms with Gasteiger partial charge in [0.2, 0.25) is 0 Å². The molecule has 2 aromatic rings. The van der Waals surface area contributed by atoms with E-state index in [1.807, 2.05) is 19.1 Å². The molecule has 3 N–H and O–H groups in total. The van der Waals surface area contributed by atoms with Gasteiger partial charge < -0.3 is 20.7 Å². The zero-order chi connectivity index (χ0) is 15.4. The van der Waals surface area contributed by atoms with Gasteiger partial charge in [-0.3, -0.25) is 0 Å². The van der Waals surface area contributed by atoms with Crippen LogP contribution >= 0.6 is 12.4 Å². The molecule has 0 radical (unpaired) electrons. The molecule has 124 valence electrons. The van der Waals surface area contributed by atoms with E-state index in [-0.39, 0.29) is 12.4 Å². The lowest BCUT2D eigenvalue weighted by Gasteiger charge is -2.30. The van der Waals surface area contributed by atoms with E-state index < -0.39 is 0 Å². The van der Waals surface area contributed by atoms with E-state index in [1.165, 1.54) is 11.3 Å². The third kappa shape index (κ3) is 4.30. The average molecular weight is 334 g/mol. The summed E-state index contributed by atoms with van der Waals surface area (Å²) in [5, 5.41) is 3.50. The predicted octanol–water partition coefficient (Wildman–Crippen LogP) is 3.45. The van der Waals surface area contributed by atoms with Crippen LogP contribution in [0.25, 0.3) is 0 Å². The van der Waals surface area contributed by atoms with E-state index in [4.69, 9.17) is 10.5 Å². The molecule has 0 saturated carbocycles. The number of nitrogens with zero attached hydrogens (tertiary/aromatic N) is 1. The highest BCUT2D eigenvalue weighted by atomic mass is 35.5. The van der Waals surface area contributed by atoms with Gasteiger partial charge in [-0.15, -0.1) is 12.4 Å². The van der Waals surface area contributed by atoms with Gasteiger partial charge in [0.25, 0.3) is 0 Å². The number of hydrogen-bond acceptors (Lipinski definition) is 4. The number of hydrogen-bond donors (Lipinski definition) is 2. The maximum atomic E-state index is 5.87. The number of morpholine rings is 1. The van der Waals surface area contributed by atoms with Gasteiger partial charge in [0.05, 0.1) is 13.2 Å². The molecule has 1 saturated heterocycles. The number of rotatable bonds is 4. The number of nitrogens with two attached hydrogens (primary N) is 1. The lowest BCUT2D eigenvalue weighted by molar-refractivity contribution is 0.122. The van der Waals surface area contributed by atoms with Gasteiger partial charge in [-0.25, -0.2) is 0 Å². The number of halogens is 1. The highest BCUT2D eigenvalue weighted by molar-refractivity contribution is 5.85. The van der Waals surface area contributed by atoms with Crippen molar-refractivity contribution in [1.82, 2.24) is 0 Å². The van der Waals surface area contributed by atoms with E-state index in [1.54, 1.807) is 0 Å². The van der Waals surface area contributed by atoms with E-state index in [0.717, 1.165) is 49.8 Å². The predicted molar refractivity (Wildman–Crippen MR) is 99.6 cm³/mol. The van der Waals surface area contributed by atoms with E-state index in [2.05, 4.69) is 40.5 Å². The minimum absolute atomic E-state index is 0. The van der Waals surface area contributed by atoms with Crippen molar-refractivity contribution in [1.29, 1.82) is 0 Å². The van der Waals surface area contributed by atoms with Crippen molar-refractivity contribution in [3.8, 4) is 0 Å². The Labute approximate surface area is 144 Å². The largest absolute Gasteiger partial charge is 0.399 e. The fourth-order valence-corrected chi connectivity index (χ4v) is 2.76. The standard InChI is InChI=1S/C18H23N3O.ClH/c1-14-12-16(6-7-17(14)19)20-13-15-4-2-3-5-18(15)21-8-10-22-11-9-21;/h2-7,12,20H,8-11,13,19H2,1H3;1H. The summed E-state index contributed by atoms with van der Waals surface area (Å²) in [6, 6.07) is 14.6. The number of anilines is 3. The third-order valence-corrected chi connectivity index (χ3v) is 4.10. The van der Waals surface area contributed by atoms with Crippen molar-refractivity contribution in [2.45, 2.75) is 13.5 Å². The molecule has 0 spiro atoms. The van der Waals surface area contributed by atoms with Crippen molar-refractivity contribution in [2.75, 3.05) is 42.3 Å². The Balaban J connectivity index is 0.00000192. The van der Waals surface area contributed by atoms with Gasteiger partial charge in [0.1, 0.15) is 0 Å². The molecule has 1 aliphatic rings. The molecular weight excluding hydrogens is 310 g/mol. The summed E-state index contributed by atoms with van der Waals surface area (Å²) in [6.45, 7) is 6.35. The molecule has 0 atom stereocenters. The zero-order valence-corrected chi connectivity index (χ0v) is 14.2. The molecule has 0 aromatic heterocycles. The highest BCUT2D eigenvalue weighted by Gasteiger charge is 2.14. The average Bonchev–Trinajstić information content (AvgIpc) is 2.57. The Morgan fingerprint density at radius 2 is 1.87 bits per heavy atom. The van der Waals surface area contributed by atoms with Crippen molar-refractivity contribution >= 4 is 29.5 Å². The van der Waals surface area contributed by atoms with E-state index in [9.17, 15) is 0 Å². The molecule has 4 nitrogen and oxygen atoms in total. The molecule has 0 unspecified atom stereocenters. The second-order valence-electron chi connectivity index (χ2n) is 5.65. The number of nitrogens with one attached hydrogen (secondary N) is 1. The Hall–Kier alpha value is -1.91. The fraction of sp³-hybridized carbons (Fsp3) is 0.333. The molecule has 23 heavy (non-hydrogen) atoms. The minimum atomic E-state index is 0. The summed E-state index contributed by atoms with van der Waals surface area (Å²) in [7, 11) is 0. The normalized spacial score (nSPS) is 14.2. The van der Waals surface area contributed by atoms with Crippen molar-refractivity contribution in [3.63, 3.8) is 0 Å². The van der Waals surface area contributed by atoms with Gasteiger partial charge in [0, 0.05) is 36.7 Å². The number of benzene rings is 2. The summed E-state index contributed by atoms with van der Waals surface area (Å²) >= 11 is 0. The second-order valence-corrected chi connectivity index (χ2v) is 5.65. The van der Waals surface area contributed by atoms with Gasteiger partial charge in [-0.1, -0.05) is 18.2 Å². The Kier molecular flexibility index (Phi) is 6.13. The summed E-state index contributed by atoms with van der Waals surface area (Å²) in [4.78, 5) is 2.40. The summed E-state index contributed by atoms with van der Waals surface area (Å²) in [6.07, 6.45) is 0. The number of aryl methyl sites for hydroxylation is 1. The van der Waals surface area contributed by atoms with Crippen LogP contribution in [0.5, 0.6) is 0 Å². The molecule has 1 fully saturated rings. The summed E-state index contributed by atoms with van der Waals surface area (Å²) in [5.74, 6) is 0.